The molecule has 0 saturated carbocycles. The number of para-hydroxylation sites is 1. The van der Waals surface area contributed by atoms with Crippen LogP contribution in [0.5, 0.6) is 0 Å². The Morgan fingerprint density at radius 3 is 0.955 bits per heavy atom. The van der Waals surface area contributed by atoms with Crippen molar-refractivity contribution < 1.29 is 62.6 Å². The molecular formula is C80H105N19O13. The predicted octanol–water partition coefficient (Wildman–Crippen LogP) is 5.16. The highest BCUT2D eigenvalue weighted by atomic mass is 16.5. The predicted molar refractivity (Wildman–Crippen MR) is 415 cm³/mol. The molecule has 5 aromatic heterocycles. The molecule has 1 aliphatic rings. The van der Waals surface area contributed by atoms with Crippen molar-refractivity contribution in [3.63, 3.8) is 0 Å². The van der Waals surface area contributed by atoms with Gasteiger partial charge in [0, 0.05) is 79.9 Å². The van der Waals surface area contributed by atoms with E-state index < -0.39 is 126 Å². The van der Waals surface area contributed by atoms with Crippen molar-refractivity contribution in [1.29, 1.82) is 0 Å². The molecule has 112 heavy (non-hydrogen) atoms. The minimum atomic E-state index is -1.48. The lowest BCUT2D eigenvalue weighted by atomic mass is 9.98. The number of aromatic nitrogens is 9. The van der Waals surface area contributed by atoms with Gasteiger partial charge in [0.15, 0.2) is 0 Å². The number of amides is 10. The number of carboxylic acid groups (broad SMARTS) is 1. The molecule has 598 valence electrons. The van der Waals surface area contributed by atoms with Gasteiger partial charge in [-0.25, -0.2) is 29.5 Å². The van der Waals surface area contributed by atoms with Gasteiger partial charge in [-0.2, -0.15) is 0 Å². The second kappa shape index (κ2) is 40.1. The number of carboxylic acids is 1. The third-order valence-corrected chi connectivity index (χ3v) is 19.1. The number of ether oxygens (including phenoxy) is 1. The summed E-state index contributed by atoms with van der Waals surface area (Å²) in [6.45, 7) is 18.4. The lowest BCUT2D eigenvalue weighted by molar-refractivity contribution is -0.142. The molecule has 8 aromatic rings. The van der Waals surface area contributed by atoms with Gasteiger partial charge in [0.25, 0.3) is 0 Å². The molecule has 5 heterocycles. The van der Waals surface area contributed by atoms with Gasteiger partial charge in [0.05, 0.1) is 48.1 Å². The van der Waals surface area contributed by atoms with Crippen LogP contribution in [0.25, 0.3) is 22.0 Å². The lowest BCUT2D eigenvalue weighted by Crippen LogP contribution is -2.61. The number of benzene rings is 3. The van der Waals surface area contributed by atoms with E-state index in [1.54, 1.807) is 12.4 Å². The first-order valence-corrected chi connectivity index (χ1v) is 38.1. The summed E-state index contributed by atoms with van der Waals surface area (Å²) in [5, 5.41) is 38.9. The summed E-state index contributed by atoms with van der Waals surface area (Å²) in [7, 11) is 0. The molecule has 9 rings (SSSR count). The molecule has 0 bridgehead atoms. The second-order valence-corrected chi connectivity index (χ2v) is 30.7. The number of hydrogen-bond donors (Lipinski definition) is 16. The third kappa shape index (κ3) is 24.3. The van der Waals surface area contributed by atoms with E-state index in [9.17, 15) is 57.8 Å². The Hall–Kier alpha value is -12.0. The monoisotopic (exact) mass is 1540 g/mol. The maximum absolute atomic E-state index is 15.0. The van der Waals surface area contributed by atoms with Crippen molar-refractivity contribution in [2.45, 2.75) is 200 Å². The van der Waals surface area contributed by atoms with Crippen LogP contribution in [0.2, 0.25) is 0 Å². The summed E-state index contributed by atoms with van der Waals surface area (Å²) in [6, 6.07) is 9.56. The van der Waals surface area contributed by atoms with Gasteiger partial charge in [0.2, 0.25) is 53.2 Å². The highest BCUT2D eigenvalue weighted by molar-refractivity contribution is 5.99. The second-order valence-electron chi connectivity index (χ2n) is 30.7. The topological polar surface area (TPSA) is 468 Å². The maximum atomic E-state index is 15.0. The van der Waals surface area contributed by atoms with E-state index >= 15 is 0 Å². The zero-order chi connectivity index (χ0) is 80.7. The normalized spacial score (nSPS) is 14.6. The standard InChI is InChI=1S/C80H105N19O13/c1-43(2)23-60(90-71(101)61(24-44(3)4)92-75(105)65(29-49-34-81-39-86-49)96-74(104)64(27-47(9)10)99-80(111)112-38-58-56-20-13-11-18-54(56)55-19-12-14-21-57(55)58)70(100)91-62(25-45(5)6)72(102)94-67(31-51-36-83-41-88-51)77(107)97-66(30-50-35-82-40-87-50)76(106)93-63(26-46(7)8)73(103)95-68(32-52-37-84-42-89-52)78(108)98-69(79(109)110)28-48-33-85-59-22-16-15-17-53(48)59/h11-22,33-37,39-47,58,60-69,85H,23-32,38H2,1-10H3,(H,81,86)(H,82,87)(H,83,88)(H,84,89)(H,90,101)(H,91,100)(H,92,105)(H,93,106)(H,94,102)(H,95,103)(H,96,104)(H,97,107)(H,98,108)(H,99,111)(H,109,110)/t60-,61-,62-,63-,64-,65-,66-,67-,68-,69-/m0/s1. The van der Waals surface area contributed by atoms with Crippen LogP contribution >= 0.6 is 0 Å². The van der Waals surface area contributed by atoms with Crippen molar-refractivity contribution in [3.8, 4) is 11.1 Å². The Kier molecular flexibility index (Phi) is 30.1. The number of aliphatic carboxylic acids is 1. The number of fused-ring (bicyclic) bond motifs is 4. The SMILES string of the molecule is CC(C)C[C@H](NC(=O)OCC1c2ccccc2-c2ccccc21)C(=O)N[C@@H](Cc1c[nH]cn1)C(=O)N[C@@H](CC(C)C)C(=O)N[C@@H](CC(C)C)C(=O)N[C@@H](CC(C)C)C(=O)N[C@@H](Cc1c[nH]cn1)C(=O)N[C@@H](Cc1c[nH]cn1)C(=O)N[C@@H](CC(C)C)C(=O)N[C@@H](Cc1c[nH]cn1)C(=O)N[C@@H](Cc1c[nH]c2ccccc12)C(=O)O. The molecular weight excluding hydrogens is 1430 g/mol. The van der Waals surface area contributed by atoms with Gasteiger partial charge < -0.3 is 87.9 Å². The Balaban J connectivity index is 0.880. The van der Waals surface area contributed by atoms with Crippen LogP contribution in [-0.2, 0) is 84.8 Å². The largest absolute Gasteiger partial charge is 0.480 e. The van der Waals surface area contributed by atoms with E-state index in [-0.39, 0.29) is 106 Å². The van der Waals surface area contributed by atoms with Crippen LogP contribution in [0.4, 0.5) is 4.79 Å². The molecule has 0 saturated heterocycles. The van der Waals surface area contributed by atoms with Crippen molar-refractivity contribution in [3.05, 3.63) is 169 Å². The van der Waals surface area contributed by atoms with Crippen LogP contribution in [0, 0.1) is 29.6 Å². The van der Waals surface area contributed by atoms with E-state index in [1.165, 1.54) is 43.9 Å². The average molecular weight is 1540 g/mol. The van der Waals surface area contributed by atoms with Gasteiger partial charge in [-0.3, -0.25) is 43.2 Å². The number of aromatic amines is 5. The molecule has 32 heteroatoms. The molecule has 0 aliphatic heterocycles. The molecule has 10 amide bonds. The molecule has 0 spiro atoms. The Morgan fingerprint density at radius 2 is 0.643 bits per heavy atom. The average Bonchev–Trinajstić information content (AvgIpc) is 1.61. The number of nitrogens with zero attached hydrogens (tertiary/aromatic N) is 4. The van der Waals surface area contributed by atoms with Crippen LogP contribution < -0.4 is 53.2 Å². The first-order chi connectivity index (χ1) is 53.5. The Labute approximate surface area is 649 Å². The minimum Gasteiger partial charge on any atom is -0.480 e. The summed E-state index contributed by atoms with van der Waals surface area (Å²) >= 11 is 0. The van der Waals surface area contributed by atoms with Gasteiger partial charge in [0.1, 0.15) is 67.0 Å². The van der Waals surface area contributed by atoms with E-state index in [0.717, 1.165) is 33.2 Å². The fraction of sp³-hybridized carbons (Fsp3) is 0.463. The number of carbonyl (C=O) groups is 11. The van der Waals surface area contributed by atoms with Gasteiger partial charge >= 0.3 is 12.1 Å². The first-order valence-electron chi connectivity index (χ1n) is 38.1. The number of alkyl carbamates (subject to hydrolysis) is 1. The number of imidazole rings is 4. The van der Waals surface area contributed by atoms with Crippen molar-refractivity contribution in [2.75, 3.05) is 6.61 Å². The Morgan fingerprint density at radius 1 is 0.357 bits per heavy atom. The zero-order valence-corrected chi connectivity index (χ0v) is 64.8. The number of rotatable bonds is 42. The molecule has 16 N–H and O–H groups in total. The summed E-state index contributed by atoms with van der Waals surface area (Å²) in [4.78, 5) is 191. The molecule has 10 atom stereocenters. The highest BCUT2D eigenvalue weighted by Gasteiger charge is 2.39. The zero-order valence-electron chi connectivity index (χ0n) is 64.8. The summed E-state index contributed by atoms with van der Waals surface area (Å²) in [6.07, 6.45) is 11.9. The van der Waals surface area contributed by atoms with Crippen LogP contribution in [0.3, 0.4) is 0 Å². The highest BCUT2D eigenvalue weighted by Crippen LogP contribution is 2.44. The third-order valence-electron chi connectivity index (χ3n) is 19.1. The van der Waals surface area contributed by atoms with Gasteiger partial charge in [-0.05, 0) is 95.6 Å². The van der Waals surface area contributed by atoms with E-state index in [2.05, 4.69) is 98.0 Å². The summed E-state index contributed by atoms with van der Waals surface area (Å²) in [5.74, 6) is -9.74. The van der Waals surface area contributed by atoms with E-state index in [1.807, 2.05) is 142 Å². The maximum Gasteiger partial charge on any atom is 0.407 e. The summed E-state index contributed by atoms with van der Waals surface area (Å²) < 4.78 is 5.84. The molecule has 32 nitrogen and oxygen atoms in total. The number of H-pyrrole nitrogens is 5. The van der Waals surface area contributed by atoms with Crippen molar-refractivity contribution >= 4 is 76.1 Å². The van der Waals surface area contributed by atoms with Crippen molar-refractivity contribution in [1.82, 2.24) is 98.0 Å². The van der Waals surface area contributed by atoms with E-state index in [4.69, 9.17) is 4.74 Å². The number of hydrogen-bond acceptors (Lipinski definition) is 16. The van der Waals surface area contributed by atoms with Crippen LogP contribution in [0.1, 0.15) is 147 Å². The van der Waals surface area contributed by atoms with Crippen LogP contribution in [-0.4, -0.2) is 182 Å². The number of nitrogens with one attached hydrogen (secondary N) is 15. The van der Waals surface area contributed by atoms with Gasteiger partial charge in [-0.15, -0.1) is 0 Å². The fourth-order valence-corrected chi connectivity index (χ4v) is 13.8. The molecule has 0 radical (unpaired) electrons. The first kappa shape index (κ1) is 84.0. The quantitative estimate of drug-likeness (QED) is 0.0235. The smallest absolute Gasteiger partial charge is 0.407 e. The number of carbonyl (C=O) groups excluding carboxylic acids is 10. The minimum absolute atomic E-state index is 0.00456. The molecule has 3 aromatic carbocycles. The van der Waals surface area contributed by atoms with Crippen molar-refractivity contribution in [2.24, 2.45) is 29.6 Å². The molecule has 0 unspecified atom stereocenters. The van der Waals surface area contributed by atoms with E-state index in [0.29, 0.717) is 28.3 Å². The molecule has 0 fully saturated rings. The molecule has 1 aliphatic carbocycles. The van der Waals surface area contributed by atoms with Gasteiger partial charge in [-0.1, -0.05) is 136 Å². The van der Waals surface area contributed by atoms with Crippen LogP contribution in [0.15, 0.2) is 129 Å². The summed E-state index contributed by atoms with van der Waals surface area (Å²) in [5.41, 5.74) is 6.91. The fourth-order valence-electron chi connectivity index (χ4n) is 13.8. The lowest BCUT2D eigenvalue weighted by Gasteiger charge is -2.29. The Bertz CT molecular complexity index is 4410.